The van der Waals surface area contributed by atoms with Crippen molar-refractivity contribution in [2.24, 2.45) is 0 Å². The van der Waals surface area contributed by atoms with E-state index in [9.17, 15) is 0 Å². The Hall–Kier alpha value is -0.780. The molecule has 4 rings (SSSR count). The second-order valence-corrected chi connectivity index (χ2v) is 9.04. The van der Waals surface area contributed by atoms with Gasteiger partial charge >= 0.3 is 0 Å². The van der Waals surface area contributed by atoms with Gasteiger partial charge in [-0.2, -0.15) is 0 Å². The number of fused-ring (bicyclic) bond motifs is 2. The van der Waals surface area contributed by atoms with Crippen molar-refractivity contribution < 1.29 is 0 Å². The lowest BCUT2D eigenvalue weighted by atomic mass is 9.60. The molecule has 0 unspecified atom stereocenters. The fourth-order valence-electron chi connectivity index (χ4n) is 4.49. The van der Waals surface area contributed by atoms with Crippen molar-refractivity contribution in [1.82, 2.24) is 0 Å². The maximum atomic E-state index is 2.44. The van der Waals surface area contributed by atoms with E-state index >= 15 is 0 Å². The van der Waals surface area contributed by atoms with Crippen LogP contribution >= 0.6 is 0 Å². The maximum absolute atomic E-state index is 2.44. The molecule has 0 radical (unpaired) electrons. The van der Waals surface area contributed by atoms with E-state index in [2.05, 4.69) is 53.7 Å². The summed E-state index contributed by atoms with van der Waals surface area (Å²) in [4.78, 5) is 0. The van der Waals surface area contributed by atoms with Crippen molar-refractivity contribution >= 4 is 0 Å². The summed E-state index contributed by atoms with van der Waals surface area (Å²) in [6.45, 7) is 14.3. The van der Waals surface area contributed by atoms with Crippen molar-refractivity contribution in [3.63, 3.8) is 0 Å². The Bertz CT molecular complexity index is 465. The molecule has 0 N–H and O–H groups in total. The third-order valence-corrected chi connectivity index (χ3v) is 5.45. The van der Waals surface area contributed by atoms with E-state index in [1.54, 1.807) is 22.3 Å². The molecule has 1 saturated carbocycles. The molecule has 110 valence electrons. The lowest BCUT2D eigenvalue weighted by Crippen LogP contribution is -2.30. The van der Waals surface area contributed by atoms with Crippen molar-refractivity contribution in [2.45, 2.75) is 89.9 Å². The van der Waals surface area contributed by atoms with Crippen LogP contribution in [0.1, 0.15) is 101 Å². The van der Waals surface area contributed by atoms with Gasteiger partial charge in [0, 0.05) is 0 Å². The van der Waals surface area contributed by atoms with Gasteiger partial charge in [-0.3, -0.25) is 0 Å². The number of benzene rings is 1. The predicted molar refractivity (Wildman–Crippen MR) is 87.8 cm³/mol. The Morgan fingerprint density at radius 1 is 0.650 bits per heavy atom. The number of rotatable bonds is 0. The fourth-order valence-corrected chi connectivity index (χ4v) is 4.49. The first-order chi connectivity index (χ1) is 9.19. The largest absolute Gasteiger partial charge is 0.0579 e. The number of hydrogen-bond donors (Lipinski definition) is 0. The number of hydrogen-bond acceptors (Lipinski definition) is 0. The molecular weight excluding hydrogens is 240 g/mol. The molecule has 3 aliphatic rings. The first-order valence-corrected chi connectivity index (χ1v) is 8.37. The van der Waals surface area contributed by atoms with Gasteiger partial charge in [-0.15, -0.1) is 0 Å². The molecule has 0 spiro atoms. The molecule has 0 saturated heterocycles. The second kappa shape index (κ2) is 4.36. The van der Waals surface area contributed by atoms with Gasteiger partial charge in [-0.1, -0.05) is 53.7 Å². The van der Waals surface area contributed by atoms with Crippen molar-refractivity contribution in [3.8, 4) is 0 Å². The first kappa shape index (κ1) is 14.2. The highest BCUT2D eigenvalue weighted by Crippen LogP contribution is 2.54. The van der Waals surface area contributed by atoms with Crippen LogP contribution in [0.5, 0.6) is 0 Å². The highest BCUT2D eigenvalue weighted by atomic mass is 14.4. The van der Waals surface area contributed by atoms with Crippen molar-refractivity contribution in [3.05, 3.63) is 34.4 Å². The van der Waals surface area contributed by atoms with E-state index in [0.29, 0.717) is 0 Å². The summed E-state index contributed by atoms with van der Waals surface area (Å²) < 4.78 is 0. The average molecular weight is 270 g/mol. The van der Waals surface area contributed by atoms with E-state index in [1.165, 1.54) is 25.7 Å². The third-order valence-electron chi connectivity index (χ3n) is 5.45. The summed E-state index contributed by atoms with van der Waals surface area (Å²) in [6, 6.07) is 4.89. The monoisotopic (exact) mass is 270 g/mol. The summed E-state index contributed by atoms with van der Waals surface area (Å²) >= 11 is 0. The van der Waals surface area contributed by atoms with Crippen LogP contribution in [-0.4, -0.2) is 0 Å². The fraction of sp³-hybridized carbons (Fsp3) is 0.700. The molecule has 1 aromatic carbocycles. The molecule has 0 heterocycles. The minimum Gasteiger partial charge on any atom is -0.0579 e. The van der Waals surface area contributed by atoms with Gasteiger partial charge in [0.05, 0.1) is 0 Å². The van der Waals surface area contributed by atoms with Crippen LogP contribution < -0.4 is 0 Å². The van der Waals surface area contributed by atoms with E-state index in [1.807, 2.05) is 0 Å². The van der Waals surface area contributed by atoms with Gasteiger partial charge in [-0.25, -0.2) is 0 Å². The molecule has 1 aromatic rings. The van der Waals surface area contributed by atoms with Gasteiger partial charge in [-0.05, 0) is 70.6 Å². The summed E-state index contributed by atoms with van der Waals surface area (Å²) in [7, 11) is 0. The van der Waals surface area contributed by atoms with Crippen molar-refractivity contribution in [2.75, 3.05) is 0 Å². The van der Waals surface area contributed by atoms with E-state index < -0.39 is 0 Å². The first-order valence-electron chi connectivity index (χ1n) is 8.37. The Kier molecular flexibility index (Phi) is 3.09. The molecule has 0 atom stereocenters. The van der Waals surface area contributed by atoms with Gasteiger partial charge in [0.1, 0.15) is 0 Å². The van der Waals surface area contributed by atoms with Gasteiger partial charge < -0.3 is 0 Å². The molecule has 20 heavy (non-hydrogen) atoms. The summed E-state index contributed by atoms with van der Waals surface area (Å²) in [5, 5.41) is 0. The zero-order valence-corrected chi connectivity index (χ0v) is 14.1. The molecule has 1 fully saturated rings. The molecule has 0 amide bonds. The van der Waals surface area contributed by atoms with Crippen molar-refractivity contribution in [1.29, 1.82) is 0 Å². The minimum atomic E-state index is 0.276. The lowest BCUT2D eigenvalue weighted by Gasteiger charge is -2.44. The minimum absolute atomic E-state index is 0.276. The van der Waals surface area contributed by atoms with Gasteiger partial charge in [0.15, 0.2) is 0 Å². The Balaban J connectivity index is 2.28. The topological polar surface area (TPSA) is 0 Å². The summed E-state index contributed by atoms with van der Waals surface area (Å²) in [5.74, 6) is 1.68. The maximum Gasteiger partial charge on any atom is -0.0129 e. The Morgan fingerprint density at radius 3 is 1.20 bits per heavy atom. The molecule has 0 aromatic heterocycles. The molecule has 2 bridgehead atoms. The van der Waals surface area contributed by atoms with Crippen LogP contribution in [0.3, 0.4) is 0 Å². The highest BCUT2D eigenvalue weighted by molar-refractivity contribution is 5.52. The second-order valence-electron chi connectivity index (χ2n) is 9.04. The molecule has 0 heteroatoms. The average Bonchev–Trinajstić information content (AvgIpc) is 2.36. The van der Waals surface area contributed by atoms with E-state index in [-0.39, 0.29) is 10.8 Å². The Morgan fingerprint density at radius 2 is 0.950 bits per heavy atom. The van der Waals surface area contributed by atoms with Crippen LogP contribution in [-0.2, 0) is 10.8 Å². The van der Waals surface area contributed by atoms with E-state index in [0.717, 1.165) is 11.8 Å². The van der Waals surface area contributed by atoms with Gasteiger partial charge in [0.25, 0.3) is 0 Å². The summed E-state index contributed by atoms with van der Waals surface area (Å²) in [5.41, 5.74) is 7.31. The molecule has 3 aliphatic carbocycles. The third kappa shape index (κ3) is 2.12. The highest BCUT2D eigenvalue weighted by Gasteiger charge is 2.39. The van der Waals surface area contributed by atoms with Crippen LogP contribution in [0.2, 0.25) is 0 Å². The van der Waals surface area contributed by atoms with Crippen LogP contribution in [0.15, 0.2) is 12.1 Å². The molecule has 0 aliphatic heterocycles. The van der Waals surface area contributed by atoms with Crippen LogP contribution in [0.4, 0.5) is 0 Å². The zero-order chi connectivity index (χ0) is 14.7. The lowest BCUT2D eigenvalue weighted by molar-refractivity contribution is 0.345. The van der Waals surface area contributed by atoms with E-state index in [4.69, 9.17) is 0 Å². The predicted octanol–water partition coefficient (Wildman–Crippen LogP) is 6.04. The quantitative estimate of drug-likeness (QED) is 0.539. The SMILES string of the molecule is CC(C)(C)c1ccc(C(C)(C)C)c2c1C1CCC2CC1. The molecular formula is C20H30. The summed E-state index contributed by atoms with van der Waals surface area (Å²) in [6.07, 6.45) is 5.70. The normalized spacial score (nSPS) is 25.7. The standard InChI is InChI=1S/C20H30/c1-19(2,3)15-11-12-16(20(4,5)6)18-14-9-7-13(8-10-14)17(15)18/h11-14H,7-10H2,1-6H3. The van der Waals surface area contributed by atoms with Gasteiger partial charge in [0.2, 0.25) is 0 Å². The molecule has 0 nitrogen and oxygen atoms in total. The zero-order valence-electron chi connectivity index (χ0n) is 14.1. The van der Waals surface area contributed by atoms with Crippen LogP contribution in [0.25, 0.3) is 0 Å². The Labute approximate surface area is 125 Å². The smallest absolute Gasteiger partial charge is 0.0129 e. The van der Waals surface area contributed by atoms with Crippen LogP contribution in [0, 0.1) is 0 Å².